The van der Waals surface area contributed by atoms with Crippen molar-refractivity contribution in [3.05, 3.63) is 11.7 Å². The lowest BCUT2D eigenvalue weighted by Gasteiger charge is -2.07. The van der Waals surface area contributed by atoms with Gasteiger partial charge in [-0.15, -0.1) is 0 Å². The van der Waals surface area contributed by atoms with Crippen LogP contribution in [0.2, 0.25) is 0 Å². The molecule has 4 N–H and O–H groups in total. The Morgan fingerprint density at radius 3 is 2.71 bits per heavy atom. The molecule has 0 aliphatic carbocycles. The number of hydrogen-bond donors (Lipinski definition) is 4. The van der Waals surface area contributed by atoms with E-state index in [4.69, 9.17) is 10.2 Å². The largest absolute Gasteiger partial charge is 0.479 e. The second kappa shape index (κ2) is 5.80. The molecular formula is C8H12N4O5. The van der Waals surface area contributed by atoms with E-state index in [-0.39, 0.29) is 13.1 Å². The van der Waals surface area contributed by atoms with Gasteiger partial charge in [-0.3, -0.25) is 0 Å². The smallest absolute Gasteiger partial charge is 0.334 e. The van der Waals surface area contributed by atoms with E-state index >= 15 is 0 Å². The molecule has 0 fully saturated rings. The van der Waals surface area contributed by atoms with Crippen molar-refractivity contribution in [2.45, 2.75) is 19.6 Å². The van der Waals surface area contributed by atoms with Crippen LogP contribution in [0.4, 0.5) is 4.79 Å². The van der Waals surface area contributed by atoms with Crippen molar-refractivity contribution >= 4 is 12.0 Å². The first kappa shape index (κ1) is 12.9. The average molecular weight is 244 g/mol. The van der Waals surface area contributed by atoms with Crippen LogP contribution < -0.4 is 10.6 Å². The number of aryl methyl sites for hydroxylation is 1. The van der Waals surface area contributed by atoms with Gasteiger partial charge in [-0.25, -0.2) is 9.59 Å². The lowest BCUT2D eigenvalue weighted by atomic mass is 10.4. The molecule has 9 nitrogen and oxygen atoms in total. The predicted molar refractivity (Wildman–Crippen MR) is 52.9 cm³/mol. The molecule has 1 heterocycles. The summed E-state index contributed by atoms with van der Waals surface area (Å²) in [6.45, 7) is 1.28. The number of urea groups is 1. The molecule has 0 unspecified atom stereocenters. The van der Waals surface area contributed by atoms with Crippen LogP contribution in [0.3, 0.4) is 0 Å². The molecule has 9 heteroatoms. The number of carboxylic acids is 1. The summed E-state index contributed by atoms with van der Waals surface area (Å²) in [6, 6.07) is -0.632. The Morgan fingerprint density at radius 2 is 2.18 bits per heavy atom. The van der Waals surface area contributed by atoms with Gasteiger partial charge in [0.15, 0.2) is 11.9 Å². The molecule has 0 bridgehead atoms. The number of aliphatic hydroxyl groups is 1. The van der Waals surface area contributed by atoms with Gasteiger partial charge in [-0.1, -0.05) is 5.16 Å². The van der Waals surface area contributed by atoms with Crippen LogP contribution in [0.5, 0.6) is 0 Å². The van der Waals surface area contributed by atoms with Crippen molar-refractivity contribution in [3.63, 3.8) is 0 Å². The maximum atomic E-state index is 11.1. The minimum Gasteiger partial charge on any atom is -0.479 e. The van der Waals surface area contributed by atoms with Crippen LogP contribution >= 0.6 is 0 Å². The molecule has 0 aliphatic rings. The molecule has 1 rings (SSSR count). The minimum absolute atomic E-state index is 0.0480. The van der Waals surface area contributed by atoms with Crippen LogP contribution in [0.15, 0.2) is 4.52 Å². The molecule has 0 radical (unpaired) electrons. The number of hydrogen-bond acceptors (Lipinski definition) is 6. The fourth-order valence-electron chi connectivity index (χ4n) is 0.912. The van der Waals surface area contributed by atoms with Crippen LogP contribution in [0, 0.1) is 6.92 Å². The number of amides is 2. The Kier molecular flexibility index (Phi) is 4.40. The Hall–Kier alpha value is -2.16. The standard InChI is InChI=1S/C8H12N4O5/c1-4-11-6(12-17-4)3-10-8(16)9-2-5(13)7(14)15/h5,13H,2-3H2,1H3,(H,14,15)(H2,9,10,16)/t5-/m0/s1. The number of carbonyl (C=O) groups excluding carboxylic acids is 1. The Morgan fingerprint density at radius 1 is 1.47 bits per heavy atom. The number of aromatic nitrogens is 2. The van der Waals surface area contributed by atoms with Gasteiger partial charge in [0.1, 0.15) is 0 Å². The van der Waals surface area contributed by atoms with Gasteiger partial charge >= 0.3 is 12.0 Å². The summed E-state index contributed by atoms with van der Waals surface area (Å²) >= 11 is 0. The van der Waals surface area contributed by atoms with Crippen LogP contribution in [0.1, 0.15) is 11.7 Å². The molecular weight excluding hydrogens is 232 g/mol. The zero-order chi connectivity index (χ0) is 12.8. The van der Waals surface area contributed by atoms with Gasteiger partial charge in [0.2, 0.25) is 5.89 Å². The Labute approximate surface area is 95.8 Å². The zero-order valence-corrected chi connectivity index (χ0v) is 9.01. The third-order valence-corrected chi connectivity index (χ3v) is 1.72. The molecule has 0 saturated heterocycles. The van der Waals surface area contributed by atoms with Crippen molar-refractivity contribution in [2.75, 3.05) is 6.54 Å². The first-order valence-corrected chi connectivity index (χ1v) is 4.71. The second-order valence-corrected chi connectivity index (χ2v) is 3.15. The average Bonchev–Trinajstić information content (AvgIpc) is 2.69. The second-order valence-electron chi connectivity index (χ2n) is 3.15. The summed E-state index contributed by atoms with van der Waals surface area (Å²) < 4.78 is 4.68. The highest BCUT2D eigenvalue weighted by molar-refractivity contribution is 5.76. The van der Waals surface area contributed by atoms with E-state index in [2.05, 4.69) is 25.3 Å². The molecule has 0 aliphatic heterocycles. The van der Waals surface area contributed by atoms with Crippen molar-refractivity contribution in [1.82, 2.24) is 20.8 Å². The van der Waals surface area contributed by atoms with E-state index in [1.54, 1.807) is 6.92 Å². The normalized spacial score (nSPS) is 11.9. The molecule has 94 valence electrons. The van der Waals surface area contributed by atoms with E-state index < -0.39 is 18.1 Å². The Bertz CT molecular complexity index is 404. The number of nitrogens with zero attached hydrogens (tertiary/aromatic N) is 2. The monoisotopic (exact) mass is 244 g/mol. The SMILES string of the molecule is Cc1nc(CNC(=O)NC[C@H](O)C(=O)O)no1. The van der Waals surface area contributed by atoms with Gasteiger partial charge in [-0.2, -0.15) is 4.98 Å². The van der Waals surface area contributed by atoms with Gasteiger partial charge in [0.05, 0.1) is 13.1 Å². The summed E-state index contributed by atoms with van der Waals surface area (Å²) in [5.74, 6) is -0.723. The highest BCUT2D eigenvalue weighted by Crippen LogP contribution is 1.93. The summed E-state index contributed by atoms with van der Waals surface area (Å²) in [5, 5.41) is 25.3. The van der Waals surface area contributed by atoms with E-state index in [0.717, 1.165) is 0 Å². The summed E-state index contributed by atoms with van der Waals surface area (Å²) in [6.07, 6.45) is -1.63. The molecule has 0 saturated carbocycles. The maximum Gasteiger partial charge on any atom is 0.334 e. The highest BCUT2D eigenvalue weighted by atomic mass is 16.5. The summed E-state index contributed by atoms with van der Waals surface area (Å²) in [7, 11) is 0. The first-order valence-electron chi connectivity index (χ1n) is 4.71. The topological polar surface area (TPSA) is 138 Å². The molecule has 17 heavy (non-hydrogen) atoms. The molecule has 1 aromatic rings. The lowest BCUT2D eigenvalue weighted by molar-refractivity contribution is -0.146. The molecule has 2 amide bonds. The maximum absolute atomic E-state index is 11.1. The summed E-state index contributed by atoms with van der Waals surface area (Å²) in [5.41, 5.74) is 0. The quantitative estimate of drug-likeness (QED) is 0.501. The van der Waals surface area contributed by atoms with Gasteiger partial charge in [-0.05, 0) is 0 Å². The molecule has 1 atom stereocenters. The fourth-order valence-corrected chi connectivity index (χ4v) is 0.912. The molecule has 0 spiro atoms. The number of rotatable bonds is 5. The Balaban J connectivity index is 2.24. The third kappa shape index (κ3) is 4.47. The van der Waals surface area contributed by atoms with Crippen LogP contribution in [-0.4, -0.2) is 45.0 Å². The first-order chi connectivity index (χ1) is 7.99. The van der Waals surface area contributed by atoms with E-state index in [1.165, 1.54) is 0 Å². The van der Waals surface area contributed by atoms with Gasteiger partial charge in [0.25, 0.3) is 0 Å². The number of aliphatic carboxylic acids is 1. The number of aliphatic hydroxyl groups excluding tert-OH is 1. The third-order valence-electron chi connectivity index (χ3n) is 1.72. The summed E-state index contributed by atoms with van der Waals surface area (Å²) in [4.78, 5) is 25.2. The van der Waals surface area contributed by atoms with Crippen molar-refractivity contribution in [3.8, 4) is 0 Å². The highest BCUT2D eigenvalue weighted by Gasteiger charge is 2.14. The molecule has 1 aromatic heterocycles. The van der Waals surface area contributed by atoms with Crippen LogP contribution in [-0.2, 0) is 11.3 Å². The number of carbonyl (C=O) groups is 2. The van der Waals surface area contributed by atoms with Crippen molar-refractivity contribution < 1.29 is 24.3 Å². The number of carboxylic acid groups (broad SMARTS) is 1. The molecule has 0 aromatic carbocycles. The van der Waals surface area contributed by atoms with Gasteiger partial charge in [0, 0.05) is 6.92 Å². The zero-order valence-electron chi connectivity index (χ0n) is 9.01. The van der Waals surface area contributed by atoms with E-state index in [0.29, 0.717) is 11.7 Å². The van der Waals surface area contributed by atoms with E-state index in [9.17, 15) is 9.59 Å². The number of nitrogens with one attached hydrogen (secondary N) is 2. The van der Waals surface area contributed by atoms with Crippen molar-refractivity contribution in [2.24, 2.45) is 0 Å². The van der Waals surface area contributed by atoms with E-state index in [1.807, 2.05) is 0 Å². The predicted octanol–water partition coefficient (Wildman–Crippen LogP) is -1.38. The fraction of sp³-hybridized carbons (Fsp3) is 0.500. The van der Waals surface area contributed by atoms with Crippen molar-refractivity contribution in [1.29, 1.82) is 0 Å². The lowest BCUT2D eigenvalue weighted by Crippen LogP contribution is -2.41. The van der Waals surface area contributed by atoms with Crippen LogP contribution in [0.25, 0.3) is 0 Å². The van der Waals surface area contributed by atoms with Gasteiger partial charge < -0.3 is 25.4 Å². The minimum atomic E-state index is -1.63.